The lowest BCUT2D eigenvalue weighted by atomic mass is 9.95. The Balaban J connectivity index is 2.11. The molecule has 0 bridgehead atoms. The zero-order chi connectivity index (χ0) is 25.3. The van der Waals surface area contributed by atoms with Crippen LogP contribution in [0.1, 0.15) is 38.8 Å². The number of amides is 3. The van der Waals surface area contributed by atoms with Gasteiger partial charge in [0, 0.05) is 29.4 Å². The highest BCUT2D eigenvalue weighted by atomic mass is 19.3. The molecule has 1 unspecified atom stereocenters. The lowest BCUT2D eigenvalue weighted by Gasteiger charge is -2.34. The lowest BCUT2D eigenvalue weighted by molar-refractivity contribution is -0.157. The van der Waals surface area contributed by atoms with Crippen LogP contribution in [0, 0.1) is 23.7 Å². The fourth-order valence-corrected chi connectivity index (χ4v) is 2.71. The first-order chi connectivity index (χ1) is 16.1. The van der Waals surface area contributed by atoms with Gasteiger partial charge in [0.25, 0.3) is 18.2 Å². The molecule has 5 N–H and O–H groups in total. The number of hydrogen-bond acceptors (Lipinski definition) is 5. The van der Waals surface area contributed by atoms with Crippen LogP contribution in [0.25, 0.3) is 0 Å². The first kappa shape index (κ1) is 26.0. The number of halogens is 2. The Morgan fingerprint density at radius 2 is 1.44 bits per heavy atom. The van der Waals surface area contributed by atoms with Crippen LogP contribution in [0.2, 0.25) is 0 Å². The van der Waals surface area contributed by atoms with Gasteiger partial charge in [-0.25, -0.2) is 14.3 Å². The molecule has 0 spiro atoms. The Labute approximate surface area is 194 Å². The van der Waals surface area contributed by atoms with Crippen LogP contribution >= 0.6 is 0 Å². The molecule has 3 amide bonds. The van der Waals surface area contributed by atoms with E-state index < -0.39 is 35.8 Å². The molecule has 2 atom stereocenters. The van der Waals surface area contributed by atoms with E-state index >= 15 is 0 Å². The number of primary amides is 1. The predicted molar refractivity (Wildman–Crippen MR) is 118 cm³/mol. The molecule has 2 aromatic carbocycles. The SMILES string of the molecule is COC(C)(C(F)F)[C@H](NC(=O)c1ccc(C#CC#Cc2ccc(C(N)=O)cc2)cc1)C(=O)NO. The first-order valence-corrected chi connectivity index (χ1v) is 9.72. The molecule has 0 heterocycles. The normalized spacial score (nSPS) is 12.8. The Kier molecular flexibility index (Phi) is 8.85. The molecular formula is C24H21F2N3O5. The summed E-state index contributed by atoms with van der Waals surface area (Å²) in [6.07, 6.45) is -3.14. The summed E-state index contributed by atoms with van der Waals surface area (Å²) in [6.45, 7) is 0.934. The number of hydroxylamine groups is 1. The van der Waals surface area contributed by atoms with Gasteiger partial charge in [0.1, 0.15) is 6.04 Å². The Hall–Kier alpha value is -4.25. The van der Waals surface area contributed by atoms with Crippen molar-refractivity contribution in [2.24, 2.45) is 5.73 Å². The van der Waals surface area contributed by atoms with E-state index in [-0.39, 0.29) is 5.56 Å². The van der Waals surface area contributed by atoms with Gasteiger partial charge in [-0.3, -0.25) is 19.6 Å². The molecule has 8 nitrogen and oxygen atoms in total. The summed E-state index contributed by atoms with van der Waals surface area (Å²) in [4.78, 5) is 35.4. The summed E-state index contributed by atoms with van der Waals surface area (Å²) in [7, 11) is 0.961. The number of rotatable bonds is 7. The van der Waals surface area contributed by atoms with Crippen molar-refractivity contribution in [3.05, 3.63) is 70.8 Å². The van der Waals surface area contributed by atoms with Crippen LogP contribution < -0.4 is 16.5 Å². The maximum absolute atomic E-state index is 13.5. The summed E-state index contributed by atoms with van der Waals surface area (Å²) in [5.41, 5.74) is 5.64. The monoisotopic (exact) mass is 469 g/mol. The summed E-state index contributed by atoms with van der Waals surface area (Å²) in [5, 5.41) is 11.0. The van der Waals surface area contributed by atoms with Crippen molar-refractivity contribution in [3.8, 4) is 23.7 Å². The average Bonchev–Trinajstić information content (AvgIpc) is 2.84. The van der Waals surface area contributed by atoms with Gasteiger partial charge in [0.2, 0.25) is 5.91 Å². The molecule has 0 radical (unpaired) electrons. The standard InChI is InChI=1S/C24H21F2N3O5/c1-24(34-2,23(25)26)19(22(32)29-33)28-21(31)18-13-9-16(10-14-18)6-4-3-5-15-7-11-17(12-8-15)20(27)30/h7-14,19,23,33H,1-2H3,(H2,27,30)(H,28,31)(H,29,32)/t19-,24?/m1/s1. The maximum atomic E-state index is 13.5. The summed E-state index contributed by atoms with van der Waals surface area (Å²) in [6, 6.07) is 10.3. The molecular weight excluding hydrogens is 448 g/mol. The molecule has 0 aliphatic heterocycles. The van der Waals surface area contributed by atoms with E-state index in [0.29, 0.717) is 16.7 Å². The Morgan fingerprint density at radius 3 is 1.82 bits per heavy atom. The quantitative estimate of drug-likeness (QED) is 0.277. The predicted octanol–water partition coefficient (Wildman–Crippen LogP) is 1.46. The molecule has 2 aromatic rings. The van der Waals surface area contributed by atoms with E-state index in [4.69, 9.17) is 15.7 Å². The van der Waals surface area contributed by atoms with E-state index in [9.17, 15) is 23.2 Å². The zero-order valence-electron chi connectivity index (χ0n) is 18.2. The molecule has 0 aliphatic rings. The van der Waals surface area contributed by atoms with Crippen molar-refractivity contribution in [2.45, 2.75) is 25.0 Å². The van der Waals surface area contributed by atoms with Crippen LogP contribution in [0.5, 0.6) is 0 Å². The number of benzene rings is 2. The van der Waals surface area contributed by atoms with Gasteiger partial charge in [-0.2, -0.15) is 0 Å². The topological polar surface area (TPSA) is 131 Å². The first-order valence-electron chi connectivity index (χ1n) is 9.72. The van der Waals surface area contributed by atoms with Gasteiger partial charge in [-0.1, -0.05) is 11.8 Å². The van der Waals surface area contributed by atoms with E-state index in [1.165, 1.54) is 29.7 Å². The molecule has 0 fully saturated rings. The third kappa shape index (κ3) is 6.39. The Morgan fingerprint density at radius 1 is 0.971 bits per heavy atom. The van der Waals surface area contributed by atoms with E-state index in [2.05, 4.69) is 29.0 Å². The Bertz CT molecular complexity index is 1180. The van der Waals surface area contributed by atoms with Crippen molar-refractivity contribution in [1.82, 2.24) is 10.8 Å². The van der Waals surface area contributed by atoms with E-state index in [0.717, 1.165) is 14.0 Å². The van der Waals surface area contributed by atoms with Gasteiger partial charge in [-0.15, -0.1) is 0 Å². The highest BCUT2D eigenvalue weighted by molar-refractivity contribution is 5.98. The molecule has 0 saturated heterocycles. The zero-order valence-corrected chi connectivity index (χ0v) is 18.2. The largest absolute Gasteiger partial charge is 0.370 e. The van der Waals surface area contributed by atoms with Gasteiger partial charge >= 0.3 is 0 Å². The minimum Gasteiger partial charge on any atom is -0.370 e. The van der Waals surface area contributed by atoms with Crippen LogP contribution in [-0.2, 0) is 9.53 Å². The number of methoxy groups -OCH3 is 1. The third-order valence-electron chi connectivity index (χ3n) is 4.89. The van der Waals surface area contributed by atoms with Crippen molar-refractivity contribution in [3.63, 3.8) is 0 Å². The third-order valence-corrected chi connectivity index (χ3v) is 4.89. The van der Waals surface area contributed by atoms with E-state index in [1.54, 1.807) is 24.3 Å². The van der Waals surface area contributed by atoms with Crippen LogP contribution in [0.4, 0.5) is 8.78 Å². The molecule has 10 heteroatoms. The average molecular weight is 469 g/mol. The summed E-state index contributed by atoms with van der Waals surface area (Å²) >= 11 is 0. The van der Waals surface area contributed by atoms with Gasteiger partial charge in [-0.05, 0) is 67.3 Å². The maximum Gasteiger partial charge on any atom is 0.269 e. The van der Waals surface area contributed by atoms with Gasteiger partial charge < -0.3 is 15.8 Å². The number of carbonyl (C=O) groups excluding carboxylic acids is 3. The molecule has 0 saturated carbocycles. The molecule has 0 aliphatic carbocycles. The van der Waals surface area contributed by atoms with E-state index in [1.807, 2.05) is 0 Å². The van der Waals surface area contributed by atoms with Gasteiger partial charge in [0.15, 0.2) is 5.60 Å². The summed E-state index contributed by atoms with van der Waals surface area (Å²) < 4.78 is 31.7. The van der Waals surface area contributed by atoms with Crippen molar-refractivity contribution < 1.29 is 33.1 Å². The highest BCUT2D eigenvalue weighted by Gasteiger charge is 2.48. The second-order valence-electron chi connectivity index (χ2n) is 7.09. The molecule has 176 valence electrons. The number of nitrogens with one attached hydrogen (secondary N) is 2. The number of nitrogens with two attached hydrogens (primary N) is 1. The second kappa shape index (κ2) is 11.6. The number of hydrogen-bond donors (Lipinski definition) is 4. The smallest absolute Gasteiger partial charge is 0.269 e. The second-order valence-corrected chi connectivity index (χ2v) is 7.09. The van der Waals surface area contributed by atoms with Crippen molar-refractivity contribution >= 4 is 17.7 Å². The fraction of sp³-hybridized carbons (Fsp3) is 0.208. The van der Waals surface area contributed by atoms with Crippen LogP contribution in [0.3, 0.4) is 0 Å². The van der Waals surface area contributed by atoms with Crippen LogP contribution in [0.15, 0.2) is 48.5 Å². The molecule has 2 rings (SSSR count). The highest BCUT2D eigenvalue weighted by Crippen LogP contribution is 2.24. The van der Waals surface area contributed by atoms with Crippen molar-refractivity contribution in [2.75, 3.05) is 7.11 Å². The molecule has 34 heavy (non-hydrogen) atoms. The number of ether oxygens (including phenoxy) is 1. The fourth-order valence-electron chi connectivity index (χ4n) is 2.71. The number of carbonyl (C=O) groups is 3. The summed E-state index contributed by atoms with van der Waals surface area (Å²) in [5.74, 6) is 8.26. The lowest BCUT2D eigenvalue weighted by Crippen LogP contribution is -2.62. The van der Waals surface area contributed by atoms with Crippen LogP contribution in [-0.4, -0.2) is 48.1 Å². The van der Waals surface area contributed by atoms with Crippen molar-refractivity contribution in [1.29, 1.82) is 0 Å². The number of alkyl halides is 2. The minimum atomic E-state index is -3.14. The minimum absolute atomic E-state index is 0.0645. The molecule has 0 aromatic heterocycles. The van der Waals surface area contributed by atoms with Gasteiger partial charge in [0.05, 0.1) is 0 Å².